The van der Waals surface area contributed by atoms with Gasteiger partial charge in [-0.15, -0.1) is 0 Å². The molecule has 0 fully saturated rings. The van der Waals surface area contributed by atoms with Crippen LogP contribution < -0.4 is 15.4 Å². The second-order valence-corrected chi connectivity index (χ2v) is 8.85. The molecule has 0 spiro atoms. The molecule has 6 nitrogen and oxygen atoms in total. The van der Waals surface area contributed by atoms with Crippen molar-refractivity contribution in [2.75, 3.05) is 26.4 Å². The van der Waals surface area contributed by atoms with Gasteiger partial charge in [-0.25, -0.2) is 12.8 Å². The minimum atomic E-state index is -3.19. The summed E-state index contributed by atoms with van der Waals surface area (Å²) < 4.78 is 41.5. The van der Waals surface area contributed by atoms with Crippen LogP contribution in [0.2, 0.25) is 0 Å². The molecule has 24 heavy (non-hydrogen) atoms. The topological polar surface area (TPSA) is 79.8 Å². The van der Waals surface area contributed by atoms with Crippen molar-refractivity contribution in [1.82, 2.24) is 10.6 Å². The van der Waals surface area contributed by atoms with Crippen LogP contribution in [0.4, 0.5) is 4.39 Å². The lowest BCUT2D eigenvalue weighted by Gasteiger charge is -2.24. The van der Waals surface area contributed by atoms with Crippen LogP contribution in [0.1, 0.15) is 20.8 Å². The van der Waals surface area contributed by atoms with E-state index in [4.69, 9.17) is 4.74 Å². The summed E-state index contributed by atoms with van der Waals surface area (Å²) in [7, 11) is -1.61. The number of hydrogen-bond donors (Lipinski definition) is 2. The fraction of sp³-hybridized carbons (Fsp3) is 0.562. The number of benzene rings is 1. The maximum absolute atomic E-state index is 13.5. The summed E-state index contributed by atoms with van der Waals surface area (Å²) in [5.41, 5.74) is 0. The Hall–Kier alpha value is -1.83. The fourth-order valence-electron chi connectivity index (χ4n) is 1.69. The predicted octanol–water partition coefficient (Wildman–Crippen LogP) is 1.58. The summed E-state index contributed by atoms with van der Waals surface area (Å²) in [5.74, 6) is 0.227. The van der Waals surface area contributed by atoms with Crippen molar-refractivity contribution in [3.05, 3.63) is 30.1 Å². The van der Waals surface area contributed by atoms with Gasteiger partial charge in [0.25, 0.3) is 0 Å². The lowest BCUT2D eigenvalue weighted by molar-refractivity contribution is 0.214. The van der Waals surface area contributed by atoms with Crippen molar-refractivity contribution in [3.8, 4) is 5.75 Å². The first-order valence-corrected chi connectivity index (χ1v) is 9.51. The third kappa shape index (κ3) is 5.99. The smallest absolute Gasteiger partial charge is 0.191 e. The molecule has 0 aliphatic heterocycles. The number of para-hydroxylation sites is 1. The lowest BCUT2D eigenvalue weighted by atomic mass is 10.2. The Labute approximate surface area is 143 Å². The van der Waals surface area contributed by atoms with E-state index in [0.29, 0.717) is 12.5 Å². The van der Waals surface area contributed by atoms with Gasteiger partial charge in [0.05, 0.1) is 11.3 Å². The molecule has 0 heterocycles. The highest BCUT2D eigenvalue weighted by atomic mass is 32.2. The summed E-state index contributed by atoms with van der Waals surface area (Å²) in [4.78, 5) is 4.04. The van der Waals surface area contributed by atoms with Crippen molar-refractivity contribution >= 4 is 15.8 Å². The number of nitrogens with zero attached hydrogens (tertiary/aromatic N) is 1. The SMILES string of the molecule is CN=C(NCC(C)Oc1ccccc1F)NCC(C)(C)S(C)(=O)=O. The molecule has 0 aliphatic carbocycles. The molecule has 1 aromatic rings. The van der Waals surface area contributed by atoms with Gasteiger partial charge in [-0.2, -0.15) is 0 Å². The predicted molar refractivity (Wildman–Crippen MR) is 94.8 cm³/mol. The van der Waals surface area contributed by atoms with Gasteiger partial charge in [0, 0.05) is 19.8 Å². The van der Waals surface area contributed by atoms with Gasteiger partial charge in [-0.3, -0.25) is 4.99 Å². The standard InChI is InChI=1S/C16H26FN3O3S/c1-12(23-14-9-7-6-8-13(14)17)10-19-15(18-4)20-11-16(2,3)24(5,21)22/h6-9,12H,10-11H2,1-5H3,(H2,18,19,20). The molecule has 1 rings (SSSR count). The van der Waals surface area contributed by atoms with Gasteiger partial charge >= 0.3 is 0 Å². The van der Waals surface area contributed by atoms with Gasteiger partial charge in [0.1, 0.15) is 6.10 Å². The van der Waals surface area contributed by atoms with Gasteiger partial charge in [0.15, 0.2) is 27.4 Å². The normalized spacial score (nSPS) is 14.2. The van der Waals surface area contributed by atoms with Crippen molar-refractivity contribution in [3.63, 3.8) is 0 Å². The zero-order valence-corrected chi connectivity index (χ0v) is 15.6. The first kappa shape index (κ1) is 20.2. The number of rotatable bonds is 7. The molecule has 136 valence electrons. The summed E-state index contributed by atoms with van der Waals surface area (Å²) in [6.07, 6.45) is 0.901. The van der Waals surface area contributed by atoms with Crippen LogP contribution in [-0.4, -0.2) is 51.6 Å². The van der Waals surface area contributed by atoms with Crippen LogP contribution in [0.25, 0.3) is 0 Å². The third-order valence-electron chi connectivity index (χ3n) is 3.63. The Kier molecular flexibility index (Phi) is 7.01. The number of nitrogens with one attached hydrogen (secondary N) is 2. The molecule has 1 unspecified atom stereocenters. The van der Waals surface area contributed by atoms with Gasteiger partial charge in [-0.1, -0.05) is 12.1 Å². The summed E-state index contributed by atoms with van der Waals surface area (Å²) >= 11 is 0. The second kappa shape index (κ2) is 8.32. The van der Waals surface area contributed by atoms with Crippen LogP contribution >= 0.6 is 0 Å². The molecule has 0 saturated heterocycles. The van der Waals surface area contributed by atoms with Crippen LogP contribution in [0.3, 0.4) is 0 Å². The average molecular weight is 359 g/mol. The zero-order valence-electron chi connectivity index (χ0n) is 14.8. The molecular weight excluding hydrogens is 333 g/mol. The number of hydrogen-bond acceptors (Lipinski definition) is 4. The van der Waals surface area contributed by atoms with E-state index in [9.17, 15) is 12.8 Å². The molecule has 0 aromatic heterocycles. The van der Waals surface area contributed by atoms with E-state index in [1.54, 1.807) is 46.0 Å². The monoisotopic (exact) mass is 359 g/mol. The number of guanidine groups is 1. The van der Waals surface area contributed by atoms with E-state index in [-0.39, 0.29) is 18.4 Å². The van der Waals surface area contributed by atoms with E-state index >= 15 is 0 Å². The minimum absolute atomic E-state index is 0.188. The van der Waals surface area contributed by atoms with E-state index in [1.807, 2.05) is 0 Å². The molecule has 1 aromatic carbocycles. The molecule has 0 bridgehead atoms. The van der Waals surface area contributed by atoms with Crippen molar-refractivity contribution in [1.29, 1.82) is 0 Å². The van der Waals surface area contributed by atoms with E-state index < -0.39 is 20.4 Å². The van der Waals surface area contributed by atoms with Gasteiger partial charge < -0.3 is 15.4 Å². The van der Waals surface area contributed by atoms with E-state index in [1.165, 1.54) is 12.3 Å². The molecule has 2 N–H and O–H groups in total. The number of aliphatic imine (C=N–C) groups is 1. The Morgan fingerprint density at radius 2 is 1.96 bits per heavy atom. The Balaban J connectivity index is 2.51. The van der Waals surface area contributed by atoms with Crippen LogP contribution in [0.5, 0.6) is 5.75 Å². The van der Waals surface area contributed by atoms with Gasteiger partial charge in [0.2, 0.25) is 0 Å². The number of sulfone groups is 1. The highest BCUT2D eigenvalue weighted by Crippen LogP contribution is 2.16. The summed E-state index contributed by atoms with van der Waals surface area (Å²) in [6, 6.07) is 6.20. The first-order chi connectivity index (χ1) is 11.1. The quantitative estimate of drug-likeness (QED) is 0.571. The van der Waals surface area contributed by atoms with E-state index in [2.05, 4.69) is 15.6 Å². The maximum Gasteiger partial charge on any atom is 0.191 e. The molecule has 8 heteroatoms. The molecule has 0 amide bonds. The summed E-state index contributed by atoms with van der Waals surface area (Å²) in [6.45, 7) is 5.69. The number of ether oxygens (including phenoxy) is 1. The molecular formula is C16H26FN3O3S. The Bertz CT molecular complexity index is 675. The highest BCUT2D eigenvalue weighted by Gasteiger charge is 2.30. The Morgan fingerprint density at radius 3 is 2.50 bits per heavy atom. The highest BCUT2D eigenvalue weighted by molar-refractivity contribution is 7.92. The first-order valence-electron chi connectivity index (χ1n) is 7.62. The maximum atomic E-state index is 13.5. The lowest BCUT2D eigenvalue weighted by Crippen LogP contribution is -2.49. The van der Waals surface area contributed by atoms with Gasteiger partial charge in [-0.05, 0) is 32.9 Å². The number of halogens is 1. The molecule has 1 atom stereocenters. The van der Waals surface area contributed by atoms with Crippen molar-refractivity contribution in [2.45, 2.75) is 31.6 Å². The largest absolute Gasteiger partial charge is 0.486 e. The van der Waals surface area contributed by atoms with Crippen molar-refractivity contribution < 1.29 is 17.5 Å². The summed E-state index contributed by atoms with van der Waals surface area (Å²) in [5, 5.41) is 6.01. The Morgan fingerprint density at radius 1 is 1.33 bits per heavy atom. The van der Waals surface area contributed by atoms with Crippen molar-refractivity contribution in [2.24, 2.45) is 4.99 Å². The molecule has 0 saturated carbocycles. The molecule has 0 aliphatic rings. The van der Waals surface area contributed by atoms with E-state index in [0.717, 1.165) is 0 Å². The molecule has 0 radical (unpaired) electrons. The zero-order chi connectivity index (χ0) is 18.4. The second-order valence-electron chi connectivity index (χ2n) is 6.20. The average Bonchev–Trinajstić information content (AvgIpc) is 2.48. The van der Waals surface area contributed by atoms with Crippen LogP contribution in [0, 0.1) is 5.82 Å². The minimum Gasteiger partial charge on any atom is -0.486 e. The third-order valence-corrected chi connectivity index (χ3v) is 5.78. The van der Waals surface area contributed by atoms with Crippen LogP contribution in [0.15, 0.2) is 29.3 Å². The van der Waals surface area contributed by atoms with Crippen LogP contribution in [-0.2, 0) is 9.84 Å². The fourth-order valence-corrected chi connectivity index (χ4v) is 2.02.